The number of halogens is 1. The fourth-order valence-corrected chi connectivity index (χ4v) is 2.78. The summed E-state index contributed by atoms with van der Waals surface area (Å²) in [7, 11) is 1.67. The van der Waals surface area contributed by atoms with Gasteiger partial charge < -0.3 is 10.5 Å². The van der Waals surface area contributed by atoms with E-state index in [4.69, 9.17) is 10.5 Å². The number of nitrogens with zero attached hydrogens (tertiary/aromatic N) is 1. The van der Waals surface area contributed by atoms with Crippen LogP contribution in [0.25, 0.3) is 0 Å². The second-order valence-electron chi connectivity index (χ2n) is 4.14. The Morgan fingerprint density at radius 1 is 1.33 bits per heavy atom. The number of hydrogen-bond acceptors (Lipinski definition) is 4. The van der Waals surface area contributed by atoms with E-state index >= 15 is 0 Å². The Morgan fingerprint density at radius 2 is 2.19 bits per heavy atom. The number of methoxy groups -OCH3 is 1. The SMILES string of the molecule is COc1ccc(C#CCN)cc1CSc1ccc(Br)cn1. The molecule has 0 fully saturated rings. The predicted octanol–water partition coefficient (Wildman–Crippen LogP) is 3.46. The number of rotatable bonds is 4. The molecule has 1 aromatic carbocycles. The van der Waals surface area contributed by atoms with Crippen LogP contribution in [0.1, 0.15) is 11.1 Å². The maximum Gasteiger partial charge on any atom is 0.122 e. The molecule has 1 heterocycles. The second-order valence-corrected chi connectivity index (χ2v) is 6.05. The summed E-state index contributed by atoms with van der Waals surface area (Å²) in [5, 5.41) is 0.971. The molecular formula is C16H15BrN2OS. The van der Waals surface area contributed by atoms with Crippen molar-refractivity contribution in [2.45, 2.75) is 10.8 Å². The third kappa shape index (κ3) is 4.78. The quantitative estimate of drug-likeness (QED) is 0.668. The lowest BCUT2D eigenvalue weighted by atomic mass is 10.1. The lowest BCUT2D eigenvalue weighted by Crippen LogP contribution is -1.94. The van der Waals surface area contributed by atoms with Crippen LogP contribution in [0, 0.1) is 11.8 Å². The molecule has 2 aromatic rings. The lowest BCUT2D eigenvalue weighted by molar-refractivity contribution is 0.411. The van der Waals surface area contributed by atoms with Gasteiger partial charge in [0.25, 0.3) is 0 Å². The highest BCUT2D eigenvalue weighted by Crippen LogP contribution is 2.28. The van der Waals surface area contributed by atoms with E-state index in [9.17, 15) is 0 Å². The van der Waals surface area contributed by atoms with Crippen LogP contribution in [0.4, 0.5) is 0 Å². The molecule has 2 rings (SSSR count). The standard InChI is InChI=1S/C16H15BrN2OS/c1-20-15-6-4-12(3-2-8-18)9-13(15)11-21-16-7-5-14(17)10-19-16/h4-7,9-10H,8,11,18H2,1H3. The average Bonchev–Trinajstić information content (AvgIpc) is 2.52. The van der Waals surface area contributed by atoms with Gasteiger partial charge in [0.05, 0.1) is 18.7 Å². The van der Waals surface area contributed by atoms with Crippen LogP contribution in [0.3, 0.4) is 0 Å². The van der Waals surface area contributed by atoms with E-state index in [0.29, 0.717) is 6.54 Å². The highest BCUT2D eigenvalue weighted by molar-refractivity contribution is 9.10. The number of benzene rings is 1. The van der Waals surface area contributed by atoms with E-state index in [1.807, 2.05) is 30.3 Å². The number of hydrogen-bond donors (Lipinski definition) is 1. The molecule has 5 heteroatoms. The summed E-state index contributed by atoms with van der Waals surface area (Å²) >= 11 is 5.04. The van der Waals surface area contributed by atoms with Crippen LogP contribution in [0.15, 0.2) is 46.0 Å². The smallest absolute Gasteiger partial charge is 0.122 e. The summed E-state index contributed by atoms with van der Waals surface area (Å²) in [5.74, 6) is 7.53. The first-order valence-corrected chi connectivity index (χ1v) is 8.11. The number of thioether (sulfide) groups is 1. The Hall–Kier alpha value is -1.48. The topological polar surface area (TPSA) is 48.1 Å². The molecule has 21 heavy (non-hydrogen) atoms. The van der Waals surface area contributed by atoms with E-state index in [-0.39, 0.29) is 0 Å². The Labute approximate surface area is 137 Å². The van der Waals surface area contributed by atoms with Crippen LogP contribution >= 0.6 is 27.7 Å². The molecule has 0 unspecified atom stereocenters. The van der Waals surface area contributed by atoms with Crippen molar-refractivity contribution in [1.82, 2.24) is 4.98 Å². The number of ether oxygens (including phenoxy) is 1. The van der Waals surface area contributed by atoms with Crippen molar-refractivity contribution in [1.29, 1.82) is 0 Å². The molecule has 0 amide bonds. The maximum absolute atomic E-state index is 5.40. The summed E-state index contributed by atoms with van der Waals surface area (Å²) in [6.07, 6.45) is 1.79. The van der Waals surface area contributed by atoms with Gasteiger partial charge in [-0.3, -0.25) is 0 Å². The molecule has 0 atom stereocenters. The van der Waals surface area contributed by atoms with Crippen molar-refractivity contribution in [3.63, 3.8) is 0 Å². The van der Waals surface area contributed by atoms with Crippen molar-refractivity contribution in [2.24, 2.45) is 5.73 Å². The van der Waals surface area contributed by atoms with E-state index in [1.54, 1.807) is 25.1 Å². The van der Waals surface area contributed by atoms with Crippen molar-refractivity contribution in [3.05, 3.63) is 52.1 Å². The molecule has 108 valence electrons. The normalized spacial score (nSPS) is 9.86. The van der Waals surface area contributed by atoms with Crippen molar-refractivity contribution >= 4 is 27.7 Å². The molecule has 0 aliphatic carbocycles. The largest absolute Gasteiger partial charge is 0.496 e. The third-order valence-corrected chi connectivity index (χ3v) is 4.15. The first kappa shape index (κ1) is 15.9. The van der Waals surface area contributed by atoms with Gasteiger partial charge in [0.15, 0.2) is 0 Å². The molecule has 0 radical (unpaired) electrons. The molecule has 0 aliphatic heterocycles. The van der Waals surface area contributed by atoms with Gasteiger partial charge in [-0.15, -0.1) is 11.8 Å². The van der Waals surface area contributed by atoms with Gasteiger partial charge in [0, 0.05) is 27.5 Å². The van der Waals surface area contributed by atoms with Gasteiger partial charge >= 0.3 is 0 Å². The zero-order valence-corrected chi connectivity index (χ0v) is 14.0. The first-order valence-electron chi connectivity index (χ1n) is 6.33. The van der Waals surface area contributed by atoms with Gasteiger partial charge in [0.2, 0.25) is 0 Å². The second kappa shape index (κ2) is 8.08. The molecule has 0 spiro atoms. The fraction of sp³-hybridized carbons (Fsp3) is 0.188. The first-order chi connectivity index (χ1) is 10.2. The van der Waals surface area contributed by atoms with Crippen molar-refractivity contribution in [3.8, 4) is 17.6 Å². The van der Waals surface area contributed by atoms with Gasteiger partial charge in [-0.25, -0.2) is 4.98 Å². The zero-order valence-electron chi connectivity index (χ0n) is 11.6. The molecule has 0 aliphatic rings. The Kier molecular flexibility index (Phi) is 6.12. The molecular weight excluding hydrogens is 348 g/mol. The number of pyridine rings is 1. The zero-order chi connectivity index (χ0) is 15.1. The Bertz CT molecular complexity index is 662. The molecule has 0 bridgehead atoms. The number of aromatic nitrogens is 1. The minimum atomic E-state index is 0.360. The summed E-state index contributed by atoms with van der Waals surface area (Å²) in [6.45, 7) is 0.360. The lowest BCUT2D eigenvalue weighted by Gasteiger charge is -2.08. The summed E-state index contributed by atoms with van der Waals surface area (Å²) in [5.41, 5.74) is 7.44. The van der Waals surface area contributed by atoms with Crippen LogP contribution in [0.5, 0.6) is 5.75 Å². The monoisotopic (exact) mass is 362 g/mol. The van der Waals surface area contributed by atoms with E-state index in [1.165, 1.54) is 0 Å². The minimum Gasteiger partial charge on any atom is -0.496 e. The van der Waals surface area contributed by atoms with Gasteiger partial charge in [-0.05, 0) is 46.3 Å². The molecule has 1 aromatic heterocycles. The maximum atomic E-state index is 5.40. The summed E-state index contributed by atoms with van der Waals surface area (Å²) in [4.78, 5) is 4.35. The van der Waals surface area contributed by atoms with E-state index < -0.39 is 0 Å². The predicted molar refractivity (Wildman–Crippen MR) is 90.4 cm³/mol. The molecule has 3 nitrogen and oxygen atoms in total. The summed E-state index contributed by atoms with van der Waals surface area (Å²) in [6, 6.07) is 9.88. The van der Waals surface area contributed by atoms with E-state index in [2.05, 4.69) is 32.8 Å². The van der Waals surface area contributed by atoms with Gasteiger partial charge in [-0.2, -0.15) is 0 Å². The Balaban J connectivity index is 2.15. The van der Waals surface area contributed by atoms with E-state index in [0.717, 1.165) is 32.1 Å². The average molecular weight is 363 g/mol. The summed E-state index contributed by atoms with van der Waals surface area (Å²) < 4.78 is 6.37. The third-order valence-electron chi connectivity index (χ3n) is 2.69. The fourth-order valence-electron chi connectivity index (χ4n) is 1.72. The van der Waals surface area contributed by atoms with Crippen LogP contribution < -0.4 is 10.5 Å². The van der Waals surface area contributed by atoms with Gasteiger partial charge in [0.1, 0.15) is 5.75 Å². The van der Waals surface area contributed by atoms with Crippen LogP contribution in [-0.2, 0) is 5.75 Å². The van der Waals surface area contributed by atoms with Crippen molar-refractivity contribution in [2.75, 3.05) is 13.7 Å². The highest BCUT2D eigenvalue weighted by Gasteiger charge is 2.05. The van der Waals surface area contributed by atoms with Crippen LogP contribution in [0.2, 0.25) is 0 Å². The van der Waals surface area contributed by atoms with Crippen molar-refractivity contribution < 1.29 is 4.74 Å². The Morgan fingerprint density at radius 3 is 2.86 bits per heavy atom. The molecule has 2 N–H and O–H groups in total. The molecule has 0 saturated heterocycles. The highest BCUT2D eigenvalue weighted by atomic mass is 79.9. The minimum absolute atomic E-state index is 0.360. The number of nitrogens with two attached hydrogens (primary N) is 1. The van der Waals surface area contributed by atoms with Gasteiger partial charge in [-0.1, -0.05) is 11.8 Å². The van der Waals surface area contributed by atoms with Crippen LogP contribution in [-0.4, -0.2) is 18.6 Å². The molecule has 0 saturated carbocycles.